The maximum Gasteiger partial charge on any atom is 0.231 e. The molecule has 2 aliphatic rings. The van der Waals surface area contributed by atoms with Crippen molar-refractivity contribution in [2.75, 3.05) is 34.6 Å². The molecule has 2 aliphatic heterocycles. The van der Waals surface area contributed by atoms with E-state index in [0.717, 1.165) is 46.0 Å². The summed E-state index contributed by atoms with van der Waals surface area (Å²) < 4.78 is 23.2. The fourth-order valence-corrected chi connectivity index (χ4v) is 4.24. The standard InChI is InChI=1S/C19H20BrNO4/c1-21-7-6-11-8-15(22-2)16(23-3)9-13(11)18(21)12-4-5-14-17(20)19(12)25-10-24-14/h4-5,8-9,18H,6-7,10H2,1-3H3. The van der Waals surface area contributed by atoms with Crippen molar-refractivity contribution >= 4 is 15.9 Å². The summed E-state index contributed by atoms with van der Waals surface area (Å²) in [6, 6.07) is 8.34. The van der Waals surface area contributed by atoms with E-state index in [1.54, 1.807) is 14.2 Å². The van der Waals surface area contributed by atoms with Crippen molar-refractivity contribution in [1.82, 2.24) is 4.90 Å². The van der Waals surface area contributed by atoms with Gasteiger partial charge in [-0.1, -0.05) is 0 Å². The molecule has 0 saturated carbocycles. The molecule has 4 rings (SSSR count). The second-order valence-corrected chi connectivity index (χ2v) is 7.03. The summed E-state index contributed by atoms with van der Waals surface area (Å²) in [4.78, 5) is 2.34. The van der Waals surface area contributed by atoms with Gasteiger partial charge in [-0.3, -0.25) is 4.90 Å². The molecule has 1 atom stereocenters. The van der Waals surface area contributed by atoms with Crippen LogP contribution in [0.1, 0.15) is 22.7 Å². The molecule has 132 valence electrons. The number of halogens is 1. The number of rotatable bonds is 3. The van der Waals surface area contributed by atoms with E-state index in [-0.39, 0.29) is 12.8 Å². The molecular formula is C19H20BrNO4. The summed E-state index contributed by atoms with van der Waals surface area (Å²) >= 11 is 3.61. The first-order valence-electron chi connectivity index (χ1n) is 8.17. The van der Waals surface area contributed by atoms with Gasteiger partial charge in [0.15, 0.2) is 11.5 Å². The molecule has 0 aromatic heterocycles. The molecule has 0 amide bonds. The summed E-state index contributed by atoms with van der Waals surface area (Å²) in [5, 5.41) is 0. The molecule has 0 saturated heterocycles. The van der Waals surface area contributed by atoms with Gasteiger partial charge in [0, 0.05) is 12.1 Å². The lowest BCUT2D eigenvalue weighted by Gasteiger charge is -2.37. The van der Waals surface area contributed by atoms with Gasteiger partial charge < -0.3 is 18.9 Å². The highest BCUT2D eigenvalue weighted by Crippen LogP contribution is 2.47. The van der Waals surface area contributed by atoms with Crippen LogP contribution in [0.5, 0.6) is 23.0 Å². The predicted octanol–water partition coefficient (Wildman–Crippen LogP) is 3.77. The van der Waals surface area contributed by atoms with Gasteiger partial charge in [-0.25, -0.2) is 0 Å². The van der Waals surface area contributed by atoms with Crippen molar-refractivity contribution in [2.24, 2.45) is 0 Å². The highest BCUT2D eigenvalue weighted by atomic mass is 79.9. The largest absolute Gasteiger partial charge is 0.493 e. The van der Waals surface area contributed by atoms with Crippen LogP contribution in [0.4, 0.5) is 0 Å². The van der Waals surface area contributed by atoms with E-state index >= 15 is 0 Å². The third kappa shape index (κ3) is 2.64. The first-order chi connectivity index (χ1) is 12.1. The number of hydrogen-bond acceptors (Lipinski definition) is 5. The number of hydrogen-bond donors (Lipinski definition) is 0. The van der Waals surface area contributed by atoms with E-state index < -0.39 is 0 Å². The normalized spacial score (nSPS) is 18.8. The quantitative estimate of drug-likeness (QED) is 0.776. The zero-order chi connectivity index (χ0) is 17.6. The second kappa shape index (κ2) is 6.42. The van der Waals surface area contributed by atoms with E-state index in [1.165, 1.54) is 11.1 Å². The Bertz CT molecular complexity index is 824. The minimum Gasteiger partial charge on any atom is -0.493 e. The summed E-state index contributed by atoms with van der Waals surface area (Å²) in [6.07, 6.45) is 0.973. The number of benzene rings is 2. The maximum absolute atomic E-state index is 5.81. The molecule has 0 spiro atoms. The van der Waals surface area contributed by atoms with Crippen LogP contribution in [0.15, 0.2) is 28.7 Å². The predicted molar refractivity (Wildman–Crippen MR) is 98.0 cm³/mol. The van der Waals surface area contributed by atoms with Crippen LogP contribution >= 0.6 is 15.9 Å². The lowest BCUT2D eigenvalue weighted by molar-refractivity contribution is 0.0988. The van der Waals surface area contributed by atoms with Gasteiger partial charge in [-0.2, -0.15) is 0 Å². The zero-order valence-electron chi connectivity index (χ0n) is 14.5. The Morgan fingerprint density at radius 1 is 1.08 bits per heavy atom. The topological polar surface area (TPSA) is 40.2 Å². The van der Waals surface area contributed by atoms with Gasteiger partial charge in [0.2, 0.25) is 6.79 Å². The minimum atomic E-state index is 0.0852. The molecule has 0 N–H and O–H groups in total. The van der Waals surface area contributed by atoms with Crippen LogP contribution in [0.2, 0.25) is 0 Å². The van der Waals surface area contributed by atoms with E-state index in [1.807, 2.05) is 6.07 Å². The molecule has 0 aliphatic carbocycles. The van der Waals surface area contributed by atoms with Gasteiger partial charge in [0.25, 0.3) is 0 Å². The van der Waals surface area contributed by atoms with E-state index in [4.69, 9.17) is 18.9 Å². The Hall–Kier alpha value is -1.92. The van der Waals surface area contributed by atoms with Crippen LogP contribution in [0.3, 0.4) is 0 Å². The Morgan fingerprint density at radius 3 is 2.60 bits per heavy atom. The molecular weight excluding hydrogens is 386 g/mol. The van der Waals surface area contributed by atoms with E-state index in [0.29, 0.717) is 0 Å². The van der Waals surface area contributed by atoms with Crippen molar-refractivity contribution in [3.8, 4) is 23.0 Å². The Kier molecular flexibility index (Phi) is 4.25. The molecule has 2 aromatic rings. The van der Waals surface area contributed by atoms with E-state index in [9.17, 15) is 0 Å². The minimum absolute atomic E-state index is 0.0852. The van der Waals surface area contributed by atoms with Crippen LogP contribution in [-0.2, 0) is 6.42 Å². The average Bonchev–Trinajstić information content (AvgIpc) is 2.61. The number of methoxy groups -OCH3 is 2. The van der Waals surface area contributed by atoms with Gasteiger partial charge >= 0.3 is 0 Å². The first-order valence-corrected chi connectivity index (χ1v) is 8.96. The number of ether oxygens (including phenoxy) is 4. The van der Waals surface area contributed by atoms with Crippen LogP contribution in [0.25, 0.3) is 0 Å². The lowest BCUT2D eigenvalue weighted by atomic mass is 9.87. The number of nitrogens with zero attached hydrogens (tertiary/aromatic N) is 1. The molecule has 0 radical (unpaired) electrons. The van der Waals surface area contributed by atoms with Crippen molar-refractivity contribution in [3.63, 3.8) is 0 Å². The van der Waals surface area contributed by atoms with Crippen molar-refractivity contribution in [3.05, 3.63) is 45.4 Å². The Labute approximate surface area is 155 Å². The van der Waals surface area contributed by atoms with Crippen molar-refractivity contribution in [2.45, 2.75) is 12.5 Å². The molecule has 2 bridgehead atoms. The third-order valence-corrected chi connectivity index (χ3v) is 5.67. The highest BCUT2D eigenvalue weighted by Gasteiger charge is 2.32. The Morgan fingerprint density at radius 2 is 1.84 bits per heavy atom. The van der Waals surface area contributed by atoms with Gasteiger partial charge in [-0.15, -0.1) is 0 Å². The first kappa shape index (κ1) is 16.5. The monoisotopic (exact) mass is 405 g/mol. The molecule has 1 unspecified atom stereocenters. The fraction of sp³-hybridized carbons (Fsp3) is 0.368. The summed E-state index contributed by atoms with van der Waals surface area (Å²) in [5.41, 5.74) is 3.62. The number of likely N-dealkylation sites (N-methyl/N-ethyl adjacent to an activating group) is 1. The number of fused-ring (bicyclic) bond motifs is 3. The zero-order valence-corrected chi connectivity index (χ0v) is 16.1. The van der Waals surface area contributed by atoms with Crippen LogP contribution < -0.4 is 18.9 Å². The van der Waals surface area contributed by atoms with Gasteiger partial charge in [0.1, 0.15) is 16.0 Å². The van der Waals surface area contributed by atoms with Crippen LogP contribution in [0, 0.1) is 0 Å². The second-order valence-electron chi connectivity index (χ2n) is 6.24. The maximum atomic E-state index is 5.81. The molecule has 2 aromatic carbocycles. The highest BCUT2D eigenvalue weighted by molar-refractivity contribution is 9.10. The molecule has 2 heterocycles. The fourth-order valence-electron chi connectivity index (χ4n) is 3.65. The molecule has 6 heteroatoms. The van der Waals surface area contributed by atoms with Gasteiger partial charge in [0.05, 0.1) is 20.3 Å². The molecule has 0 fully saturated rings. The SMILES string of the molecule is COc1cc2c(cc1OC)C(c1ccc3c(Br)c1OCO3)N(C)CC2. The smallest absolute Gasteiger partial charge is 0.231 e. The van der Waals surface area contributed by atoms with Crippen LogP contribution in [-0.4, -0.2) is 39.5 Å². The van der Waals surface area contributed by atoms with Gasteiger partial charge in [-0.05, 0) is 64.8 Å². The summed E-state index contributed by atoms with van der Waals surface area (Å²) in [7, 11) is 5.48. The summed E-state index contributed by atoms with van der Waals surface area (Å²) in [5.74, 6) is 3.18. The van der Waals surface area contributed by atoms with Crippen molar-refractivity contribution in [1.29, 1.82) is 0 Å². The Balaban J connectivity index is 1.88. The van der Waals surface area contributed by atoms with Crippen molar-refractivity contribution < 1.29 is 18.9 Å². The molecule has 25 heavy (non-hydrogen) atoms. The lowest BCUT2D eigenvalue weighted by Crippen LogP contribution is -2.33. The summed E-state index contributed by atoms with van der Waals surface area (Å²) in [6.45, 7) is 1.20. The molecule has 5 nitrogen and oxygen atoms in total. The third-order valence-electron chi connectivity index (χ3n) is 4.92. The van der Waals surface area contributed by atoms with E-state index in [2.05, 4.69) is 46.1 Å². The average molecular weight is 406 g/mol.